The van der Waals surface area contributed by atoms with Crippen molar-refractivity contribution in [1.82, 2.24) is 4.90 Å². The largest absolute Gasteiger partial charge is 0.494 e. The normalized spacial score (nSPS) is 15.4. The fraction of sp³-hybridized carbons (Fsp3) is 0.476. The molecule has 1 fully saturated rings. The Morgan fingerprint density at radius 3 is 2.57 bits per heavy atom. The quantitative estimate of drug-likeness (QED) is 0.221. The van der Waals surface area contributed by atoms with Crippen LogP contribution >= 0.6 is 24.0 Å². The van der Waals surface area contributed by atoms with E-state index in [4.69, 9.17) is 21.7 Å². The van der Waals surface area contributed by atoms with Crippen LogP contribution in [-0.2, 0) is 14.3 Å². The molecule has 0 atom stereocenters. The maximum Gasteiger partial charge on any atom is 0.307 e. The van der Waals surface area contributed by atoms with Gasteiger partial charge in [0.1, 0.15) is 10.1 Å². The molecule has 0 bridgehead atoms. The predicted molar refractivity (Wildman–Crippen MR) is 117 cm³/mol. The van der Waals surface area contributed by atoms with Gasteiger partial charge in [-0.25, -0.2) is 0 Å². The van der Waals surface area contributed by atoms with E-state index in [0.717, 1.165) is 30.6 Å². The van der Waals surface area contributed by atoms with Crippen LogP contribution in [0, 0.1) is 0 Å². The molecule has 0 unspecified atom stereocenters. The number of ether oxygens (including phenoxy) is 2. The second kappa shape index (κ2) is 11.9. The average molecular weight is 422 g/mol. The molecule has 0 spiro atoms. The molecule has 28 heavy (non-hydrogen) atoms. The van der Waals surface area contributed by atoms with Gasteiger partial charge in [0.15, 0.2) is 0 Å². The number of hydrogen-bond acceptors (Lipinski definition) is 6. The molecule has 152 valence electrons. The predicted octanol–water partition coefficient (Wildman–Crippen LogP) is 4.80. The molecule has 2 rings (SSSR count). The standard InChI is InChI=1S/C21H27NO4S2/c1-3-5-6-14-25-17-9-7-16(8-10-17)15-18-20(24)22(21(27)28-18)12-11-19(23)26-13-4-2/h7-10,15H,3-6,11-14H2,1-2H3/b18-15-. The molecule has 1 aliphatic rings. The molecule has 1 saturated heterocycles. The molecular weight excluding hydrogens is 394 g/mol. The minimum atomic E-state index is -0.311. The second-order valence-electron chi connectivity index (χ2n) is 6.43. The number of carbonyl (C=O) groups is 2. The number of nitrogens with zero attached hydrogens (tertiary/aromatic N) is 1. The van der Waals surface area contributed by atoms with E-state index in [0.29, 0.717) is 22.4 Å². The van der Waals surface area contributed by atoms with E-state index in [9.17, 15) is 9.59 Å². The summed E-state index contributed by atoms with van der Waals surface area (Å²) in [5.74, 6) is 0.346. The van der Waals surface area contributed by atoms with Gasteiger partial charge in [-0.3, -0.25) is 14.5 Å². The molecule has 1 aromatic rings. The van der Waals surface area contributed by atoms with Crippen molar-refractivity contribution in [2.75, 3.05) is 19.8 Å². The zero-order chi connectivity index (χ0) is 20.4. The van der Waals surface area contributed by atoms with Gasteiger partial charge in [-0.05, 0) is 36.6 Å². The van der Waals surface area contributed by atoms with Crippen molar-refractivity contribution in [2.45, 2.75) is 46.0 Å². The monoisotopic (exact) mass is 421 g/mol. The van der Waals surface area contributed by atoms with Crippen LogP contribution in [0.4, 0.5) is 0 Å². The number of thioether (sulfide) groups is 1. The van der Waals surface area contributed by atoms with Gasteiger partial charge in [0.05, 0.1) is 24.5 Å². The summed E-state index contributed by atoms with van der Waals surface area (Å²) in [6, 6.07) is 7.65. The summed E-state index contributed by atoms with van der Waals surface area (Å²) in [4.78, 5) is 26.3. The van der Waals surface area contributed by atoms with Crippen LogP contribution in [0.15, 0.2) is 29.2 Å². The summed E-state index contributed by atoms with van der Waals surface area (Å²) in [5.41, 5.74) is 0.906. The summed E-state index contributed by atoms with van der Waals surface area (Å²) in [6.45, 7) is 5.46. The van der Waals surface area contributed by atoms with Crippen molar-refractivity contribution < 1.29 is 19.1 Å². The Morgan fingerprint density at radius 2 is 1.89 bits per heavy atom. The molecule has 1 aromatic carbocycles. The van der Waals surface area contributed by atoms with E-state index in [1.165, 1.54) is 23.1 Å². The lowest BCUT2D eigenvalue weighted by Crippen LogP contribution is -2.30. The number of rotatable bonds is 11. The van der Waals surface area contributed by atoms with Crippen LogP contribution in [-0.4, -0.2) is 40.9 Å². The third-order valence-electron chi connectivity index (χ3n) is 4.07. The van der Waals surface area contributed by atoms with Crippen LogP contribution in [0.3, 0.4) is 0 Å². The first-order valence-electron chi connectivity index (χ1n) is 9.69. The summed E-state index contributed by atoms with van der Waals surface area (Å²) < 4.78 is 11.2. The molecule has 0 aliphatic carbocycles. The van der Waals surface area contributed by atoms with Crippen molar-refractivity contribution in [3.05, 3.63) is 34.7 Å². The summed E-state index contributed by atoms with van der Waals surface area (Å²) in [5, 5.41) is 0. The van der Waals surface area contributed by atoms with Gasteiger partial charge in [-0.1, -0.05) is 62.8 Å². The molecule has 1 heterocycles. The van der Waals surface area contributed by atoms with E-state index in [1.807, 2.05) is 37.3 Å². The summed E-state index contributed by atoms with van der Waals surface area (Å²) in [6.07, 6.45) is 6.11. The fourth-order valence-electron chi connectivity index (χ4n) is 2.54. The second-order valence-corrected chi connectivity index (χ2v) is 8.10. The molecule has 1 amide bonds. The highest BCUT2D eigenvalue weighted by Gasteiger charge is 2.32. The van der Waals surface area contributed by atoms with Crippen molar-refractivity contribution in [1.29, 1.82) is 0 Å². The van der Waals surface area contributed by atoms with E-state index in [1.54, 1.807) is 0 Å². The Labute approximate surface area is 176 Å². The highest BCUT2D eigenvalue weighted by molar-refractivity contribution is 8.26. The first kappa shape index (κ1) is 22.4. The summed E-state index contributed by atoms with van der Waals surface area (Å²) >= 11 is 6.55. The van der Waals surface area contributed by atoms with Crippen LogP contribution in [0.25, 0.3) is 6.08 Å². The van der Waals surface area contributed by atoms with Crippen LogP contribution < -0.4 is 4.74 Å². The van der Waals surface area contributed by atoms with Gasteiger partial charge in [0.25, 0.3) is 5.91 Å². The topological polar surface area (TPSA) is 55.8 Å². The van der Waals surface area contributed by atoms with Gasteiger partial charge in [0.2, 0.25) is 0 Å². The molecule has 5 nitrogen and oxygen atoms in total. The summed E-state index contributed by atoms with van der Waals surface area (Å²) in [7, 11) is 0. The molecule has 1 aliphatic heterocycles. The number of hydrogen-bond donors (Lipinski definition) is 0. The first-order chi connectivity index (χ1) is 13.5. The van der Waals surface area contributed by atoms with Crippen molar-refractivity contribution in [3.8, 4) is 5.75 Å². The number of amides is 1. The van der Waals surface area contributed by atoms with Crippen LogP contribution in [0.1, 0.15) is 51.5 Å². The number of thiocarbonyl (C=S) groups is 1. The Kier molecular flexibility index (Phi) is 9.50. The highest BCUT2D eigenvalue weighted by atomic mass is 32.2. The van der Waals surface area contributed by atoms with E-state index >= 15 is 0 Å². The van der Waals surface area contributed by atoms with E-state index < -0.39 is 0 Å². The number of unbranched alkanes of at least 4 members (excludes halogenated alkanes) is 2. The van der Waals surface area contributed by atoms with Crippen molar-refractivity contribution in [2.24, 2.45) is 0 Å². The number of carbonyl (C=O) groups excluding carboxylic acids is 2. The third kappa shape index (κ3) is 6.95. The maximum absolute atomic E-state index is 12.6. The molecule has 0 saturated carbocycles. The van der Waals surface area contributed by atoms with Gasteiger partial charge in [-0.2, -0.15) is 0 Å². The zero-order valence-corrected chi connectivity index (χ0v) is 18.1. The van der Waals surface area contributed by atoms with Crippen molar-refractivity contribution >= 4 is 46.3 Å². The average Bonchev–Trinajstić information content (AvgIpc) is 2.96. The Morgan fingerprint density at radius 1 is 1.14 bits per heavy atom. The molecular formula is C21H27NO4S2. The van der Waals surface area contributed by atoms with Gasteiger partial charge < -0.3 is 9.47 Å². The fourth-order valence-corrected chi connectivity index (χ4v) is 3.85. The van der Waals surface area contributed by atoms with Crippen LogP contribution in [0.2, 0.25) is 0 Å². The van der Waals surface area contributed by atoms with Gasteiger partial charge in [-0.15, -0.1) is 0 Å². The lowest BCUT2D eigenvalue weighted by Gasteiger charge is -2.13. The lowest BCUT2D eigenvalue weighted by atomic mass is 10.2. The van der Waals surface area contributed by atoms with E-state index in [2.05, 4.69) is 6.92 Å². The maximum atomic E-state index is 12.6. The first-order valence-corrected chi connectivity index (χ1v) is 10.9. The van der Waals surface area contributed by atoms with Gasteiger partial charge >= 0.3 is 5.97 Å². The van der Waals surface area contributed by atoms with E-state index in [-0.39, 0.29) is 24.8 Å². The molecule has 7 heteroatoms. The smallest absolute Gasteiger partial charge is 0.307 e. The third-order valence-corrected chi connectivity index (χ3v) is 5.45. The van der Waals surface area contributed by atoms with Crippen molar-refractivity contribution in [3.63, 3.8) is 0 Å². The molecule has 0 radical (unpaired) electrons. The number of benzene rings is 1. The lowest BCUT2D eigenvalue weighted by molar-refractivity contribution is -0.143. The minimum Gasteiger partial charge on any atom is -0.494 e. The minimum absolute atomic E-state index is 0.143. The Balaban J connectivity index is 1.90. The SMILES string of the molecule is CCCCCOc1ccc(/C=C2\SC(=S)N(CCC(=O)OCCC)C2=O)cc1. The number of esters is 1. The molecule has 0 N–H and O–H groups in total. The van der Waals surface area contributed by atoms with Crippen LogP contribution in [0.5, 0.6) is 5.75 Å². The Hall–Kier alpha value is -1.86. The molecule has 0 aromatic heterocycles. The zero-order valence-electron chi connectivity index (χ0n) is 16.4. The van der Waals surface area contributed by atoms with Gasteiger partial charge in [0, 0.05) is 6.54 Å². The Bertz CT molecular complexity index is 716. The highest BCUT2D eigenvalue weighted by Crippen LogP contribution is 2.32.